The van der Waals surface area contributed by atoms with Gasteiger partial charge in [0.15, 0.2) is 0 Å². The van der Waals surface area contributed by atoms with E-state index in [4.69, 9.17) is 0 Å². The van der Waals surface area contributed by atoms with Gasteiger partial charge >= 0.3 is 0 Å². The maximum atomic E-state index is 13.0. The van der Waals surface area contributed by atoms with E-state index < -0.39 is 10.0 Å². The highest BCUT2D eigenvalue weighted by atomic mass is 32.2. The topological polar surface area (TPSA) is 69.7 Å². The summed E-state index contributed by atoms with van der Waals surface area (Å²) in [6.07, 6.45) is 5.93. The van der Waals surface area contributed by atoms with Crippen molar-refractivity contribution in [2.45, 2.75) is 50.3 Å². The Morgan fingerprint density at radius 3 is 2.16 bits per heavy atom. The largest absolute Gasteiger partial charge is 0.370 e. The third-order valence-electron chi connectivity index (χ3n) is 6.59. The predicted octanol–water partition coefficient (Wildman–Crippen LogP) is 4.41. The van der Waals surface area contributed by atoms with Crippen molar-refractivity contribution >= 4 is 27.3 Å². The minimum absolute atomic E-state index is 0.0142. The summed E-state index contributed by atoms with van der Waals surface area (Å²) < 4.78 is 27.4. The van der Waals surface area contributed by atoms with E-state index in [1.165, 1.54) is 30.0 Å². The Morgan fingerprint density at radius 2 is 1.50 bits per heavy atom. The second-order valence-electron chi connectivity index (χ2n) is 8.90. The highest BCUT2D eigenvalue weighted by Gasteiger charge is 2.32. The fourth-order valence-corrected chi connectivity index (χ4v) is 6.09. The van der Waals surface area contributed by atoms with Crippen molar-refractivity contribution in [1.82, 2.24) is 4.31 Å². The molecule has 2 aromatic rings. The Balaban J connectivity index is 1.39. The zero-order chi connectivity index (χ0) is 22.6. The molecule has 2 fully saturated rings. The molecule has 2 aliphatic heterocycles. The minimum atomic E-state index is -3.52. The van der Waals surface area contributed by atoms with Crippen molar-refractivity contribution in [1.29, 1.82) is 0 Å². The number of piperidine rings is 1. The molecule has 0 aromatic heterocycles. The summed E-state index contributed by atoms with van der Waals surface area (Å²) in [4.78, 5) is 15.7. The molecule has 32 heavy (non-hydrogen) atoms. The number of nitrogens with one attached hydrogen (secondary N) is 1. The van der Waals surface area contributed by atoms with E-state index in [1.807, 2.05) is 37.3 Å². The van der Waals surface area contributed by atoms with Gasteiger partial charge in [0.2, 0.25) is 15.9 Å². The van der Waals surface area contributed by atoms with Gasteiger partial charge in [-0.2, -0.15) is 4.31 Å². The predicted molar refractivity (Wildman–Crippen MR) is 128 cm³/mol. The van der Waals surface area contributed by atoms with Crippen LogP contribution in [0.3, 0.4) is 0 Å². The molecule has 6 nitrogen and oxygen atoms in total. The molecule has 2 saturated heterocycles. The van der Waals surface area contributed by atoms with E-state index in [-0.39, 0.29) is 11.8 Å². The van der Waals surface area contributed by atoms with Crippen LogP contribution in [0.1, 0.15) is 44.1 Å². The number of sulfonamides is 1. The van der Waals surface area contributed by atoms with Crippen molar-refractivity contribution < 1.29 is 13.2 Å². The Bertz CT molecular complexity index is 1020. The summed E-state index contributed by atoms with van der Waals surface area (Å²) in [5.41, 5.74) is 2.97. The lowest BCUT2D eigenvalue weighted by molar-refractivity contribution is -0.120. The Kier molecular flexibility index (Phi) is 7.16. The van der Waals surface area contributed by atoms with Gasteiger partial charge in [-0.05, 0) is 56.9 Å². The molecule has 7 heteroatoms. The average Bonchev–Trinajstić information content (AvgIpc) is 3.09. The number of hydrogen-bond acceptors (Lipinski definition) is 4. The molecule has 0 bridgehead atoms. The van der Waals surface area contributed by atoms with Crippen LogP contribution < -0.4 is 10.2 Å². The fraction of sp³-hybridized carbons (Fsp3) is 0.480. The summed E-state index contributed by atoms with van der Waals surface area (Å²) in [6, 6.07) is 15.0. The number of benzene rings is 2. The van der Waals surface area contributed by atoms with Crippen molar-refractivity contribution in [2.75, 3.05) is 36.4 Å². The molecule has 2 heterocycles. The molecule has 4 rings (SSSR count). The third-order valence-corrected chi connectivity index (χ3v) is 8.51. The van der Waals surface area contributed by atoms with Crippen LogP contribution in [0.4, 0.5) is 11.4 Å². The molecule has 0 aliphatic carbocycles. The maximum Gasteiger partial charge on any atom is 0.243 e. The van der Waals surface area contributed by atoms with E-state index in [9.17, 15) is 13.2 Å². The summed E-state index contributed by atoms with van der Waals surface area (Å²) >= 11 is 0. The van der Waals surface area contributed by atoms with Gasteiger partial charge in [0.1, 0.15) is 0 Å². The van der Waals surface area contributed by atoms with Gasteiger partial charge in [0.25, 0.3) is 0 Å². The SMILES string of the molecule is Cc1ccc(S(=O)(=O)N2CCC(C(=O)Nc3ccccc3N3CCCCCC3)CC2)cc1. The van der Waals surface area contributed by atoms with Crippen LogP contribution in [0.15, 0.2) is 53.4 Å². The molecule has 0 spiro atoms. The Morgan fingerprint density at radius 1 is 0.875 bits per heavy atom. The highest BCUT2D eigenvalue weighted by molar-refractivity contribution is 7.89. The summed E-state index contributed by atoms with van der Waals surface area (Å²) in [5.74, 6) is -0.198. The van der Waals surface area contributed by atoms with Crippen molar-refractivity contribution in [2.24, 2.45) is 5.92 Å². The smallest absolute Gasteiger partial charge is 0.243 e. The van der Waals surface area contributed by atoms with Crippen LogP contribution in [0, 0.1) is 12.8 Å². The van der Waals surface area contributed by atoms with Crippen LogP contribution in [0.25, 0.3) is 0 Å². The first-order valence-corrected chi connectivity index (χ1v) is 13.1. The lowest BCUT2D eigenvalue weighted by atomic mass is 9.97. The normalized spacial score (nSPS) is 18.8. The highest BCUT2D eigenvalue weighted by Crippen LogP contribution is 2.30. The van der Waals surface area contributed by atoms with E-state index in [0.29, 0.717) is 30.8 Å². The lowest BCUT2D eigenvalue weighted by Crippen LogP contribution is -2.41. The van der Waals surface area contributed by atoms with Crippen molar-refractivity contribution in [3.8, 4) is 0 Å². The average molecular weight is 456 g/mol. The Labute approximate surface area is 191 Å². The van der Waals surface area contributed by atoms with Crippen LogP contribution in [-0.2, 0) is 14.8 Å². The van der Waals surface area contributed by atoms with Gasteiger partial charge in [-0.1, -0.05) is 42.7 Å². The summed E-state index contributed by atoms with van der Waals surface area (Å²) in [7, 11) is -3.52. The lowest BCUT2D eigenvalue weighted by Gasteiger charge is -2.31. The molecule has 2 aromatic carbocycles. The number of carbonyl (C=O) groups is 1. The van der Waals surface area contributed by atoms with Gasteiger partial charge in [-0.3, -0.25) is 4.79 Å². The molecular formula is C25H33N3O3S. The molecule has 0 radical (unpaired) electrons. The zero-order valence-corrected chi connectivity index (χ0v) is 19.6. The molecule has 0 saturated carbocycles. The molecule has 2 aliphatic rings. The van der Waals surface area contributed by atoms with E-state index in [2.05, 4.69) is 16.3 Å². The summed E-state index contributed by atoms with van der Waals surface area (Å²) in [5, 5.41) is 3.14. The number of hydrogen-bond donors (Lipinski definition) is 1. The van der Waals surface area contributed by atoms with Crippen molar-refractivity contribution in [3.63, 3.8) is 0 Å². The second kappa shape index (κ2) is 10.0. The van der Waals surface area contributed by atoms with E-state index >= 15 is 0 Å². The number of amides is 1. The number of rotatable bonds is 5. The van der Waals surface area contributed by atoms with Crippen LogP contribution >= 0.6 is 0 Å². The third kappa shape index (κ3) is 5.15. The first kappa shape index (κ1) is 22.8. The number of aryl methyl sites for hydroxylation is 1. The zero-order valence-electron chi connectivity index (χ0n) is 18.8. The molecule has 1 N–H and O–H groups in total. The first-order chi connectivity index (χ1) is 15.4. The number of carbonyl (C=O) groups excluding carboxylic acids is 1. The molecule has 172 valence electrons. The number of anilines is 2. The number of nitrogens with zero attached hydrogens (tertiary/aromatic N) is 2. The van der Waals surface area contributed by atoms with E-state index in [0.717, 1.165) is 30.0 Å². The van der Waals surface area contributed by atoms with Gasteiger partial charge < -0.3 is 10.2 Å². The fourth-order valence-electron chi connectivity index (χ4n) is 4.62. The molecule has 1 amide bonds. The number of para-hydroxylation sites is 2. The van der Waals surface area contributed by atoms with Crippen LogP contribution in [0.5, 0.6) is 0 Å². The quantitative estimate of drug-likeness (QED) is 0.725. The Hall–Kier alpha value is -2.38. The summed E-state index contributed by atoms with van der Waals surface area (Å²) in [6.45, 7) is 4.69. The van der Waals surface area contributed by atoms with Gasteiger partial charge in [-0.25, -0.2) is 8.42 Å². The first-order valence-electron chi connectivity index (χ1n) is 11.7. The second-order valence-corrected chi connectivity index (χ2v) is 10.8. The van der Waals surface area contributed by atoms with Crippen LogP contribution in [-0.4, -0.2) is 44.8 Å². The van der Waals surface area contributed by atoms with Crippen LogP contribution in [0.2, 0.25) is 0 Å². The molecule has 0 unspecified atom stereocenters. The minimum Gasteiger partial charge on any atom is -0.370 e. The maximum absolute atomic E-state index is 13.0. The van der Waals surface area contributed by atoms with Gasteiger partial charge in [0, 0.05) is 32.1 Å². The van der Waals surface area contributed by atoms with Crippen molar-refractivity contribution in [3.05, 3.63) is 54.1 Å². The van der Waals surface area contributed by atoms with Gasteiger partial charge in [-0.15, -0.1) is 0 Å². The monoisotopic (exact) mass is 455 g/mol. The molecule has 0 atom stereocenters. The molecular weight excluding hydrogens is 422 g/mol. The van der Waals surface area contributed by atoms with Gasteiger partial charge in [0.05, 0.1) is 16.3 Å². The van der Waals surface area contributed by atoms with E-state index in [1.54, 1.807) is 12.1 Å². The standard InChI is InChI=1S/C25H33N3O3S/c1-20-10-12-22(13-11-20)32(30,31)28-18-14-21(15-19-28)25(29)26-23-8-4-5-9-24(23)27-16-6-2-3-7-17-27/h4-5,8-13,21H,2-3,6-7,14-19H2,1H3,(H,26,29).